The van der Waals surface area contributed by atoms with E-state index in [0.29, 0.717) is 16.1 Å². The van der Waals surface area contributed by atoms with Crippen molar-refractivity contribution < 1.29 is 213 Å². The van der Waals surface area contributed by atoms with Gasteiger partial charge in [-0.25, -0.2) is 8.42 Å². The molecule has 0 fully saturated rings. The summed E-state index contributed by atoms with van der Waals surface area (Å²) >= 11 is 3.64. The van der Waals surface area contributed by atoms with Crippen molar-refractivity contribution in [2.75, 3.05) is 14.2 Å². The summed E-state index contributed by atoms with van der Waals surface area (Å²) in [4.78, 5) is 0. The van der Waals surface area contributed by atoms with Gasteiger partial charge < -0.3 is 24.2 Å². The van der Waals surface area contributed by atoms with E-state index in [4.69, 9.17) is 22.1 Å². The van der Waals surface area contributed by atoms with Gasteiger partial charge in [0.1, 0.15) is 17.1 Å². The zero-order valence-corrected chi connectivity index (χ0v) is 41.9. The minimum atomic E-state index is -6.78. The van der Waals surface area contributed by atoms with Crippen LogP contribution >= 0.6 is 67.8 Å². The number of ether oxygens (including phenoxy) is 2. The standard InChI is InChI=1S/C10H6F7O5S.C10H9F3I2O2.CF3IO2S.2K.O3S/c1-2-3(8(11)12)7(19)4(9(13,14)15)5(6(2)18)10(16,17)23(20,21)22;1-4-6(14)9(17-3)5(10(11,12)13)7(15)8(4)16-2;2-1(3,5)8(4,6)7;;;1-4(2)3/h18-19H,1H3,(H,20,21,22);1-3H3;;;;/q-1;;;2*+1;/p-1. The Morgan fingerprint density at radius 1 is 0.704 bits per heavy atom. The number of hydrogen-bond acceptors (Lipinski definition) is 12. The Bertz CT molecular complexity index is 1960. The molecule has 0 spiro atoms. The van der Waals surface area contributed by atoms with Crippen LogP contribution in [0, 0.1) is 27.4 Å². The molecule has 33 heteroatoms. The van der Waals surface area contributed by atoms with E-state index in [0.717, 1.165) is 0 Å². The van der Waals surface area contributed by atoms with Crippen molar-refractivity contribution >= 4 is 98.7 Å². The molecule has 302 valence electrons. The SMILES string of the molecule is COc1c(C)c(I)c(OC)c(C(F)(F)F)c1I.Cc1c(O)c(C(F)(F)S(=O)(=O)[O-])c(C(F)(F)F)c(O)c1[C-](F)F.O=S(=O)(F)C(F)(F)I.O=S(=O)=O.[K+].[K+]. The summed E-state index contributed by atoms with van der Waals surface area (Å²) in [7, 11) is -13.0. The van der Waals surface area contributed by atoms with Crippen LogP contribution in [0.1, 0.15) is 33.4 Å². The third-order valence-electron chi connectivity index (χ3n) is 5.25. The molecule has 2 aromatic rings. The van der Waals surface area contributed by atoms with E-state index >= 15 is 0 Å². The van der Waals surface area contributed by atoms with Gasteiger partial charge in [0, 0.05) is 33.9 Å². The number of phenols is 2. The van der Waals surface area contributed by atoms with E-state index in [1.54, 1.807) is 29.5 Å². The van der Waals surface area contributed by atoms with Crippen molar-refractivity contribution in [3.8, 4) is 23.0 Å². The number of methoxy groups -OCH3 is 2. The normalized spacial score (nSPS) is 11.8. The van der Waals surface area contributed by atoms with Crippen LogP contribution in [0.4, 0.5) is 56.6 Å². The second kappa shape index (κ2) is 23.5. The Kier molecular flexibility index (Phi) is 27.1. The van der Waals surface area contributed by atoms with Gasteiger partial charge in [-0.05, 0) is 52.1 Å². The Morgan fingerprint density at radius 2 is 1.04 bits per heavy atom. The molecule has 0 atom stereocenters. The summed E-state index contributed by atoms with van der Waals surface area (Å²) < 4.78 is 245. The molecular weight excluding hydrogens is 1250 g/mol. The van der Waals surface area contributed by atoms with E-state index in [1.165, 1.54) is 14.2 Å². The van der Waals surface area contributed by atoms with Gasteiger partial charge in [0.2, 0.25) is 0 Å². The largest absolute Gasteiger partial charge is 1.00 e. The summed E-state index contributed by atoms with van der Waals surface area (Å²) in [6, 6.07) is 0. The molecule has 0 unspecified atom stereocenters. The van der Waals surface area contributed by atoms with E-state index in [1.807, 2.05) is 22.6 Å². The molecule has 0 aliphatic carbocycles. The van der Waals surface area contributed by atoms with Crippen molar-refractivity contribution in [3.63, 3.8) is 0 Å². The van der Waals surface area contributed by atoms with Gasteiger partial charge in [0.15, 0.2) is 16.5 Å². The molecule has 0 amide bonds. The number of phenolic OH excluding ortho intramolecular Hbond substituents is 2. The number of alkyl halides is 11. The molecule has 0 radical (unpaired) electrons. The zero-order chi connectivity index (χ0) is 42.5. The predicted octanol–water partition coefficient (Wildman–Crippen LogP) is 1.31. The summed E-state index contributed by atoms with van der Waals surface area (Å²) in [6.07, 6.45) is -13.4. The molecule has 0 bridgehead atoms. The number of benzene rings is 2. The van der Waals surface area contributed by atoms with Crippen molar-refractivity contribution in [2.24, 2.45) is 0 Å². The first kappa shape index (κ1) is 62.2. The van der Waals surface area contributed by atoms with Gasteiger partial charge >= 0.3 is 144 Å². The van der Waals surface area contributed by atoms with Crippen molar-refractivity contribution in [3.05, 3.63) is 46.9 Å². The van der Waals surface area contributed by atoms with Crippen molar-refractivity contribution in [1.82, 2.24) is 0 Å². The monoisotopic (exact) mass is 1260 g/mol. The van der Waals surface area contributed by atoms with Gasteiger partial charge in [-0.3, -0.25) is 8.78 Å². The second-order valence-corrected chi connectivity index (χ2v) is 15.9. The van der Waals surface area contributed by atoms with E-state index in [2.05, 4.69) is 0 Å². The molecule has 0 aliphatic heterocycles. The number of hydrogen-bond donors (Lipinski definition) is 2. The Balaban J connectivity index is -0.000000353. The Labute approximate surface area is 423 Å². The topological polar surface area (TPSA) is 201 Å². The zero-order valence-electron chi connectivity index (χ0n) is 26.7. The third kappa shape index (κ3) is 16.9. The molecule has 12 nitrogen and oxygen atoms in total. The maximum Gasteiger partial charge on any atom is 1.00 e. The average Bonchev–Trinajstić information content (AvgIpc) is 2.89. The maximum absolute atomic E-state index is 13.5. The Morgan fingerprint density at radius 3 is 1.28 bits per heavy atom. The fourth-order valence-electron chi connectivity index (χ4n) is 3.21. The minimum absolute atomic E-state index is 0. The smallest absolute Gasteiger partial charge is 0.743 e. The summed E-state index contributed by atoms with van der Waals surface area (Å²) in [5, 5.41) is 12.8. The average molecular weight is 1260 g/mol. The van der Waals surface area contributed by atoms with Crippen LogP contribution in [-0.2, 0) is 48.6 Å². The first-order valence-electron chi connectivity index (χ1n) is 11.4. The van der Waals surface area contributed by atoms with Gasteiger partial charge in [-0.15, -0.1) is 18.2 Å². The van der Waals surface area contributed by atoms with Crippen LogP contribution < -0.4 is 112 Å². The van der Waals surface area contributed by atoms with Crippen LogP contribution in [0.2, 0.25) is 0 Å². The van der Waals surface area contributed by atoms with Gasteiger partial charge in [-0.1, -0.05) is 16.4 Å². The molecule has 0 aromatic heterocycles. The summed E-state index contributed by atoms with van der Waals surface area (Å²) in [5.41, 5.74) is -9.19. The summed E-state index contributed by atoms with van der Waals surface area (Å²) in [5.74, 6) is -4.56. The minimum Gasteiger partial charge on any atom is -0.743 e. The van der Waals surface area contributed by atoms with E-state index < -0.39 is 97.6 Å². The molecule has 0 heterocycles. The van der Waals surface area contributed by atoms with Crippen LogP contribution in [0.5, 0.6) is 23.0 Å². The van der Waals surface area contributed by atoms with Crippen molar-refractivity contribution in [2.45, 2.75) is 34.7 Å². The number of rotatable bonds is 6. The molecule has 0 saturated carbocycles. The molecule has 54 heavy (non-hydrogen) atoms. The Hall–Kier alpha value is 1.54. The van der Waals surface area contributed by atoms with Crippen LogP contribution in [0.15, 0.2) is 0 Å². The fourth-order valence-corrected chi connectivity index (χ4v) is 5.57. The molecule has 2 rings (SSSR count). The second-order valence-electron chi connectivity index (χ2n) is 8.46. The third-order valence-corrected chi connectivity index (χ3v) is 10.5. The van der Waals surface area contributed by atoms with Crippen LogP contribution in [-0.4, -0.2) is 61.7 Å². The van der Waals surface area contributed by atoms with Gasteiger partial charge in [-0.2, -0.15) is 52.3 Å². The number of aromatic hydroxyl groups is 2. The van der Waals surface area contributed by atoms with Gasteiger partial charge in [0.05, 0.1) is 38.2 Å². The predicted molar refractivity (Wildman–Crippen MR) is 171 cm³/mol. The molecule has 0 saturated heterocycles. The van der Waals surface area contributed by atoms with E-state index in [-0.39, 0.29) is 140 Å². The first-order chi connectivity index (χ1) is 22.8. The quantitative estimate of drug-likeness (QED) is 0.0616. The first-order valence-corrected chi connectivity index (χ1v) is 18.4. The van der Waals surface area contributed by atoms with E-state index in [9.17, 15) is 88.2 Å². The summed E-state index contributed by atoms with van der Waals surface area (Å²) in [6.45, 7) is 2.12. The fraction of sp³-hybridized carbons (Fsp3) is 0.381. The van der Waals surface area contributed by atoms with Crippen molar-refractivity contribution in [1.29, 1.82) is 0 Å². The van der Waals surface area contributed by atoms with Crippen LogP contribution in [0.25, 0.3) is 0 Å². The number of halogens is 16. The molecule has 0 aliphatic rings. The molecular formula is C21H14F13I3K2O12S3. The molecule has 2 aromatic carbocycles. The van der Waals surface area contributed by atoms with Crippen LogP contribution in [0.3, 0.4) is 0 Å². The maximum atomic E-state index is 13.5. The molecule has 2 N–H and O–H groups in total. The van der Waals surface area contributed by atoms with Gasteiger partial charge in [0.25, 0.3) is 0 Å².